The number of hydrogen-bond donors (Lipinski definition) is 3. The Hall–Kier alpha value is -7.22. The van der Waals surface area contributed by atoms with Crippen LogP contribution in [0.5, 0.6) is 5.75 Å². The third-order valence-electron chi connectivity index (χ3n) is 12.5. The lowest BCUT2D eigenvalue weighted by Gasteiger charge is -2.29. The van der Waals surface area contributed by atoms with Gasteiger partial charge in [-0.2, -0.15) is 4.58 Å². The van der Waals surface area contributed by atoms with Crippen molar-refractivity contribution in [2.75, 3.05) is 51.6 Å². The van der Waals surface area contributed by atoms with Crippen LogP contribution in [0, 0.1) is 0 Å². The molecule has 2 aliphatic heterocycles. The van der Waals surface area contributed by atoms with Crippen LogP contribution in [0.15, 0.2) is 85.3 Å². The Morgan fingerprint density at radius 3 is 2.32 bits per heavy atom. The van der Waals surface area contributed by atoms with Crippen LogP contribution >= 0.6 is 0 Å². The van der Waals surface area contributed by atoms with E-state index >= 15 is 0 Å². The van der Waals surface area contributed by atoms with Crippen molar-refractivity contribution < 1.29 is 47.5 Å². The molecule has 0 saturated carbocycles. The summed E-state index contributed by atoms with van der Waals surface area (Å²) in [6.45, 7) is 10.6. The highest BCUT2D eigenvalue weighted by atomic mass is 16.5. The van der Waals surface area contributed by atoms with E-state index in [0.717, 1.165) is 55.5 Å². The van der Waals surface area contributed by atoms with E-state index in [9.17, 15) is 24.0 Å². The average molecular weight is 986 g/mol. The Bertz CT molecular complexity index is 2660. The minimum absolute atomic E-state index is 0.137. The maximum absolute atomic E-state index is 13.4. The Balaban J connectivity index is 0.665. The number of carbonyl (C=O) groups is 5. The van der Waals surface area contributed by atoms with Gasteiger partial charge >= 0.3 is 0 Å². The summed E-state index contributed by atoms with van der Waals surface area (Å²) in [5.74, 6) is 0.676. The molecule has 2 aromatic heterocycles. The van der Waals surface area contributed by atoms with Crippen molar-refractivity contribution >= 4 is 47.6 Å². The van der Waals surface area contributed by atoms with E-state index in [0.29, 0.717) is 105 Å². The molecule has 5 aromatic rings. The quantitative estimate of drug-likeness (QED) is 0.0209. The zero-order chi connectivity index (χ0) is 50.7. The standard InChI is InChI=1S/C53H64N10O9/c1-37(56-51(66)39-15-11-16-40(32-39)61(2)35-47-59-60-50(62(47)3)45-23-24-54-36-55-45)38-14-12-17-41(33-38)72-27-10-5-4-8-25-69-28-30-71-31-29-70-26-9-6-7-20-48(64)57-44-19-13-18-42-43(44)34-63(53(42)68)46-21-22-49(65)58-52(46)67/h11-19,23-24,32-33,36-37,46H,2,4-10,20-22,25-31,34-35H2,1,3H3,(H2-,56,57,58,64,65,66,67)/p+1. The lowest BCUT2D eigenvalue weighted by atomic mass is 10.0. The van der Waals surface area contributed by atoms with Gasteiger partial charge in [0.1, 0.15) is 30.5 Å². The summed E-state index contributed by atoms with van der Waals surface area (Å²) < 4.78 is 26.8. The van der Waals surface area contributed by atoms with Crippen molar-refractivity contribution in [2.45, 2.75) is 96.3 Å². The lowest BCUT2D eigenvalue weighted by molar-refractivity contribution is -0.450. The van der Waals surface area contributed by atoms with E-state index in [-0.39, 0.29) is 49.1 Å². The summed E-state index contributed by atoms with van der Waals surface area (Å²) in [5, 5.41) is 17.0. The fourth-order valence-corrected chi connectivity index (χ4v) is 8.46. The van der Waals surface area contributed by atoms with E-state index in [4.69, 9.17) is 18.9 Å². The van der Waals surface area contributed by atoms with Gasteiger partial charge < -0.3 is 39.0 Å². The molecule has 2 aliphatic rings. The maximum atomic E-state index is 13.4. The molecule has 1 fully saturated rings. The number of imide groups is 1. The molecule has 2 atom stereocenters. The highest BCUT2D eigenvalue weighted by molar-refractivity contribution is 6.06. The van der Waals surface area contributed by atoms with Gasteiger partial charge in [-0.05, 0) is 87.4 Å². The average Bonchev–Trinajstić information content (AvgIpc) is 3.92. The zero-order valence-corrected chi connectivity index (χ0v) is 41.2. The number of benzene rings is 3. The van der Waals surface area contributed by atoms with Crippen LogP contribution in [0.2, 0.25) is 0 Å². The second kappa shape index (κ2) is 26.8. The number of amides is 5. The van der Waals surface area contributed by atoms with E-state index in [1.807, 2.05) is 61.0 Å². The molecule has 0 aliphatic carbocycles. The number of anilines is 1. The molecule has 19 heteroatoms. The first-order chi connectivity index (χ1) is 35.0. The zero-order valence-electron chi connectivity index (χ0n) is 41.2. The van der Waals surface area contributed by atoms with E-state index < -0.39 is 11.9 Å². The smallest absolute Gasteiger partial charge is 0.255 e. The number of unbranched alkanes of at least 4 members (excludes halogenated alkanes) is 5. The number of nitrogens with zero attached hydrogens (tertiary/aromatic N) is 7. The topological polar surface area (TPSA) is 221 Å². The van der Waals surface area contributed by atoms with Crippen molar-refractivity contribution in [1.29, 1.82) is 0 Å². The number of fused-ring (bicyclic) bond motifs is 1. The number of carbonyl (C=O) groups excluding carboxylic acids is 5. The van der Waals surface area contributed by atoms with Gasteiger partial charge in [-0.1, -0.05) is 37.1 Å². The summed E-state index contributed by atoms with van der Waals surface area (Å²) in [5.41, 5.74) is 4.61. The van der Waals surface area contributed by atoms with E-state index in [1.165, 1.54) is 11.2 Å². The van der Waals surface area contributed by atoms with Gasteiger partial charge in [-0.25, -0.2) is 9.97 Å². The second-order valence-electron chi connectivity index (χ2n) is 17.8. The number of aromatic nitrogens is 5. The first kappa shape index (κ1) is 52.6. The summed E-state index contributed by atoms with van der Waals surface area (Å²) in [7, 11) is 1.88. The predicted molar refractivity (Wildman–Crippen MR) is 268 cm³/mol. The molecule has 1 saturated heterocycles. The highest BCUT2D eigenvalue weighted by Crippen LogP contribution is 2.32. The van der Waals surface area contributed by atoms with Crippen LogP contribution in [0.25, 0.3) is 11.5 Å². The monoisotopic (exact) mass is 985 g/mol. The first-order valence-electron chi connectivity index (χ1n) is 24.7. The molecule has 380 valence electrons. The number of hydrogen-bond acceptors (Lipinski definition) is 13. The second-order valence-corrected chi connectivity index (χ2v) is 17.8. The fraction of sp³-hybridized carbons (Fsp3) is 0.434. The third-order valence-corrected chi connectivity index (χ3v) is 12.5. The van der Waals surface area contributed by atoms with Gasteiger partial charge in [0.15, 0.2) is 11.6 Å². The largest absolute Gasteiger partial charge is 0.494 e. The minimum atomic E-state index is -0.707. The van der Waals surface area contributed by atoms with Gasteiger partial charge in [0.2, 0.25) is 30.0 Å². The Labute approximate surface area is 419 Å². The van der Waals surface area contributed by atoms with Crippen LogP contribution in [0.1, 0.15) is 115 Å². The Morgan fingerprint density at radius 2 is 1.57 bits per heavy atom. The molecule has 0 bridgehead atoms. The van der Waals surface area contributed by atoms with Crippen molar-refractivity contribution in [3.05, 3.63) is 113 Å². The third kappa shape index (κ3) is 14.9. The number of piperidine rings is 1. The van der Waals surface area contributed by atoms with Crippen LogP contribution in [-0.2, 0) is 48.7 Å². The molecular weight excluding hydrogens is 921 g/mol. The van der Waals surface area contributed by atoms with Crippen LogP contribution < -0.4 is 20.7 Å². The molecule has 3 N–H and O–H groups in total. The van der Waals surface area contributed by atoms with E-state index in [2.05, 4.69) is 42.8 Å². The molecule has 4 heterocycles. The maximum Gasteiger partial charge on any atom is 0.255 e. The summed E-state index contributed by atoms with van der Waals surface area (Å²) >= 11 is 0. The number of ether oxygens (including phenoxy) is 4. The molecule has 3 aromatic carbocycles. The Kier molecular flexibility index (Phi) is 19.6. The van der Waals surface area contributed by atoms with Gasteiger partial charge in [-0.3, -0.25) is 29.3 Å². The van der Waals surface area contributed by atoms with Crippen molar-refractivity contribution in [1.82, 2.24) is 40.3 Å². The molecule has 7 rings (SSSR count). The normalized spacial score (nSPS) is 14.7. The summed E-state index contributed by atoms with van der Waals surface area (Å²) in [6.07, 6.45) is 10.2. The van der Waals surface area contributed by atoms with Crippen LogP contribution in [-0.4, -0.2) is 123 Å². The van der Waals surface area contributed by atoms with Gasteiger partial charge in [-0.15, -0.1) is 10.2 Å². The molecule has 2 unspecified atom stereocenters. The van der Waals surface area contributed by atoms with Crippen LogP contribution in [0.3, 0.4) is 0 Å². The van der Waals surface area contributed by atoms with E-state index in [1.54, 1.807) is 41.1 Å². The van der Waals surface area contributed by atoms with Crippen molar-refractivity contribution in [3.8, 4) is 17.3 Å². The molecular formula is C53H65N10O9+. The Morgan fingerprint density at radius 1 is 0.847 bits per heavy atom. The predicted octanol–water partition coefficient (Wildman–Crippen LogP) is 6.26. The van der Waals surface area contributed by atoms with Gasteiger partial charge in [0, 0.05) is 80.4 Å². The van der Waals surface area contributed by atoms with Gasteiger partial charge in [0.25, 0.3) is 11.8 Å². The SMILES string of the molecule is C=[N+](Cc1nnc(-c2ccncn2)n1C)c1cccc(C(=O)NC(C)c2cccc(OCCCCCCOCCOCCOCCCCCC(=O)Nc3cccc4c3CN(C3CCC(=O)NC3=O)C4=O)c2)c1. The van der Waals surface area contributed by atoms with Crippen molar-refractivity contribution in [2.24, 2.45) is 7.05 Å². The number of rotatable bonds is 29. The summed E-state index contributed by atoms with van der Waals surface area (Å²) in [4.78, 5) is 72.8. The minimum Gasteiger partial charge on any atom is -0.494 e. The summed E-state index contributed by atoms with van der Waals surface area (Å²) in [6, 6.07) is 21.1. The lowest BCUT2D eigenvalue weighted by Crippen LogP contribution is -2.52. The molecule has 0 radical (unpaired) electrons. The highest BCUT2D eigenvalue weighted by Gasteiger charge is 2.40. The van der Waals surface area contributed by atoms with Crippen LogP contribution in [0.4, 0.5) is 11.4 Å². The molecule has 19 nitrogen and oxygen atoms in total. The fourth-order valence-electron chi connectivity index (χ4n) is 8.46. The molecule has 0 spiro atoms. The van der Waals surface area contributed by atoms with Gasteiger partial charge in [0.05, 0.1) is 39.1 Å². The van der Waals surface area contributed by atoms with Crippen molar-refractivity contribution in [3.63, 3.8) is 0 Å². The molecule has 72 heavy (non-hydrogen) atoms. The molecule has 5 amide bonds. The number of nitrogens with one attached hydrogen (secondary N) is 3. The first-order valence-corrected chi connectivity index (χ1v) is 24.7.